The van der Waals surface area contributed by atoms with Crippen LogP contribution >= 0.6 is 11.3 Å². The summed E-state index contributed by atoms with van der Waals surface area (Å²) in [6, 6.07) is 6.32. The molecule has 1 atom stereocenters. The van der Waals surface area contributed by atoms with Gasteiger partial charge in [0, 0.05) is 32.7 Å². The molecule has 1 unspecified atom stereocenters. The van der Waals surface area contributed by atoms with E-state index in [1.165, 1.54) is 38.0 Å². The highest BCUT2D eigenvalue weighted by Gasteiger charge is 2.47. The second-order valence-corrected chi connectivity index (χ2v) is 8.45. The van der Waals surface area contributed by atoms with Crippen molar-refractivity contribution in [2.45, 2.75) is 25.9 Å². The lowest BCUT2D eigenvalue weighted by molar-refractivity contribution is 0.0350. The van der Waals surface area contributed by atoms with Gasteiger partial charge in [0.1, 0.15) is 5.76 Å². The molecule has 25 heavy (non-hydrogen) atoms. The standard InChI is InChI=1S/C20H28N2O2S/c1-23-14-18-12-22(13-19-3-2-9-24-19)16-20(18)5-7-21(8-6-20)11-17-4-10-25-15-17/h2-4,9-10,15,18H,5-8,11-14,16H2,1H3. The molecule has 0 bridgehead atoms. The first-order chi connectivity index (χ1) is 12.3. The number of piperidine rings is 1. The Morgan fingerprint density at radius 3 is 2.80 bits per heavy atom. The molecule has 0 saturated carbocycles. The van der Waals surface area contributed by atoms with Gasteiger partial charge in [-0.05, 0) is 65.9 Å². The molecule has 2 aromatic rings. The van der Waals surface area contributed by atoms with Gasteiger partial charge in [-0.25, -0.2) is 0 Å². The highest BCUT2D eigenvalue weighted by Crippen LogP contribution is 2.45. The van der Waals surface area contributed by atoms with Crippen LogP contribution in [-0.2, 0) is 17.8 Å². The van der Waals surface area contributed by atoms with Crippen LogP contribution in [0.2, 0.25) is 0 Å². The zero-order chi connectivity index (χ0) is 17.1. The number of methoxy groups -OCH3 is 1. The Kier molecular flexibility index (Phi) is 5.27. The monoisotopic (exact) mass is 360 g/mol. The van der Waals surface area contributed by atoms with E-state index in [1.54, 1.807) is 17.6 Å². The predicted molar refractivity (Wildman–Crippen MR) is 101 cm³/mol. The molecule has 4 rings (SSSR count). The van der Waals surface area contributed by atoms with E-state index in [0.29, 0.717) is 11.3 Å². The molecule has 0 radical (unpaired) electrons. The third-order valence-electron chi connectivity index (χ3n) is 6.05. The first-order valence-corrected chi connectivity index (χ1v) is 10.2. The fourth-order valence-corrected chi connectivity index (χ4v) is 5.34. The van der Waals surface area contributed by atoms with Crippen molar-refractivity contribution in [2.75, 3.05) is 39.9 Å². The highest BCUT2D eigenvalue weighted by molar-refractivity contribution is 7.07. The summed E-state index contributed by atoms with van der Waals surface area (Å²) in [4.78, 5) is 5.18. The summed E-state index contributed by atoms with van der Waals surface area (Å²) in [5.74, 6) is 1.71. The number of likely N-dealkylation sites (tertiary alicyclic amines) is 2. The van der Waals surface area contributed by atoms with Crippen molar-refractivity contribution in [3.63, 3.8) is 0 Å². The first-order valence-electron chi connectivity index (χ1n) is 9.24. The van der Waals surface area contributed by atoms with Crippen molar-refractivity contribution in [3.8, 4) is 0 Å². The largest absolute Gasteiger partial charge is 0.468 e. The molecular formula is C20H28N2O2S. The molecule has 1 spiro atoms. The number of hydrogen-bond donors (Lipinski definition) is 0. The van der Waals surface area contributed by atoms with Crippen LogP contribution in [0.4, 0.5) is 0 Å². The summed E-state index contributed by atoms with van der Waals surface area (Å²) in [6.07, 6.45) is 4.33. The molecule has 136 valence electrons. The third-order valence-corrected chi connectivity index (χ3v) is 6.78. The average Bonchev–Trinajstić information content (AvgIpc) is 3.34. The molecule has 0 aliphatic carbocycles. The van der Waals surface area contributed by atoms with E-state index in [9.17, 15) is 0 Å². The highest BCUT2D eigenvalue weighted by atomic mass is 32.1. The topological polar surface area (TPSA) is 28.9 Å². The maximum Gasteiger partial charge on any atom is 0.117 e. The van der Waals surface area contributed by atoms with E-state index in [0.717, 1.165) is 32.0 Å². The van der Waals surface area contributed by atoms with E-state index in [4.69, 9.17) is 9.15 Å². The van der Waals surface area contributed by atoms with E-state index >= 15 is 0 Å². The first kappa shape index (κ1) is 17.3. The Morgan fingerprint density at radius 1 is 1.24 bits per heavy atom. The minimum Gasteiger partial charge on any atom is -0.468 e. The molecular weight excluding hydrogens is 332 g/mol. The smallest absolute Gasteiger partial charge is 0.117 e. The van der Waals surface area contributed by atoms with Crippen LogP contribution < -0.4 is 0 Å². The molecule has 4 heterocycles. The Bertz CT molecular complexity index is 633. The van der Waals surface area contributed by atoms with E-state index in [1.807, 2.05) is 13.2 Å². The molecule has 2 saturated heterocycles. The summed E-state index contributed by atoms with van der Waals surface area (Å²) in [5, 5.41) is 4.46. The minimum atomic E-state index is 0.410. The van der Waals surface area contributed by atoms with Gasteiger partial charge < -0.3 is 9.15 Å². The lowest BCUT2D eigenvalue weighted by atomic mass is 9.71. The Labute approximate surface area is 154 Å². The van der Waals surface area contributed by atoms with Gasteiger partial charge in [-0.2, -0.15) is 11.3 Å². The molecule has 0 amide bonds. The number of thiophene rings is 1. The van der Waals surface area contributed by atoms with E-state index in [-0.39, 0.29) is 0 Å². The van der Waals surface area contributed by atoms with Crippen molar-refractivity contribution in [2.24, 2.45) is 11.3 Å². The molecule has 4 nitrogen and oxygen atoms in total. The number of rotatable bonds is 6. The van der Waals surface area contributed by atoms with Crippen LogP contribution in [0.15, 0.2) is 39.6 Å². The molecule has 0 N–H and O–H groups in total. The van der Waals surface area contributed by atoms with Crippen molar-refractivity contribution in [1.29, 1.82) is 0 Å². The molecule has 2 aliphatic rings. The van der Waals surface area contributed by atoms with Gasteiger partial charge in [0.05, 0.1) is 19.4 Å². The second-order valence-electron chi connectivity index (χ2n) is 7.67. The van der Waals surface area contributed by atoms with Crippen molar-refractivity contribution in [3.05, 3.63) is 46.5 Å². The van der Waals surface area contributed by atoms with Crippen LogP contribution in [-0.4, -0.2) is 49.7 Å². The van der Waals surface area contributed by atoms with E-state index < -0.39 is 0 Å². The molecule has 2 aromatic heterocycles. The number of ether oxygens (including phenoxy) is 1. The van der Waals surface area contributed by atoms with Crippen molar-refractivity contribution in [1.82, 2.24) is 9.80 Å². The number of hydrogen-bond acceptors (Lipinski definition) is 5. The predicted octanol–water partition coefficient (Wildman–Crippen LogP) is 3.70. The number of nitrogens with zero attached hydrogens (tertiary/aromatic N) is 2. The normalized spacial score (nSPS) is 24.3. The summed E-state index contributed by atoms with van der Waals surface area (Å²) in [6.45, 7) is 7.60. The number of furan rings is 1. The maximum absolute atomic E-state index is 5.59. The quantitative estimate of drug-likeness (QED) is 0.785. The lowest BCUT2D eigenvalue weighted by Crippen LogP contribution is -2.44. The summed E-state index contributed by atoms with van der Waals surface area (Å²) in [5.41, 5.74) is 1.87. The van der Waals surface area contributed by atoms with Gasteiger partial charge >= 0.3 is 0 Å². The van der Waals surface area contributed by atoms with Gasteiger partial charge in [0.15, 0.2) is 0 Å². The van der Waals surface area contributed by atoms with Gasteiger partial charge in [-0.3, -0.25) is 9.80 Å². The van der Waals surface area contributed by atoms with Crippen LogP contribution in [0, 0.1) is 11.3 Å². The molecule has 2 aliphatic heterocycles. The van der Waals surface area contributed by atoms with Crippen LogP contribution in [0.5, 0.6) is 0 Å². The Morgan fingerprint density at radius 2 is 2.12 bits per heavy atom. The lowest BCUT2D eigenvalue weighted by Gasteiger charge is -2.42. The summed E-state index contributed by atoms with van der Waals surface area (Å²) < 4.78 is 11.1. The van der Waals surface area contributed by atoms with Crippen molar-refractivity contribution >= 4 is 11.3 Å². The Hall–Kier alpha value is -1.14. The average molecular weight is 361 g/mol. The Balaban J connectivity index is 1.38. The maximum atomic E-state index is 5.59. The second kappa shape index (κ2) is 7.62. The third kappa shape index (κ3) is 3.85. The molecule has 2 fully saturated rings. The SMILES string of the molecule is COCC1CN(Cc2ccco2)CC12CCN(Cc1ccsc1)CC2. The minimum absolute atomic E-state index is 0.410. The van der Waals surface area contributed by atoms with Crippen molar-refractivity contribution < 1.29 is 9.15 Å². The van der Waals surface area contributed by atoms with Crippen LogP contribution in [0.1, 0.15) is 24.2 Å². The summed E-state index contributed by atoms with van der Waals surface area (Å²) >= 11 is 1.80. The molecule has 5 heteroatoms. The van der Waals surface area contributed by atoms with Gasteiger partial charge in [0.2, 0.25) is 0 Å². The summed E-state index contributed by atoms with van der Waals surface area (Å²) in [7, 11) is 1.84. The van der Waals surface area contributed by atoms with Gasteiger partial charge in [0.25, 0.3) is 0 Å². The van der Waals surface area contributed by atoms with Gasteiger partial charge in [-0.1, -0.05) is 0 Å². The zero-order valence-corrected chi connectivity index (χ0v) is 15.8. The van der Waals surface area contributed by atoms with Gasteiger partial charge in [-0.15, -0.1) is 0 Å². The van der Waals surface area contributed by atoms with Crippen LogP contribution in [0.25, 0.3) is 0 Å². The van der Waals surface area contributed by atoms with E-state index in [2.05, 4.69) is 32.7 Å². The van der Waals surface area contributed by atoms with Crippen LogP contribution in [0.3, 0.4) is 0 Å². The molecule has 0 aromatic carbocycles. The fraction of sp³-hybridized carbons (Fsp3) is 0.600. The fourth-order valence-electron chi connectivity index (χ4n) is 4.68. The zero-order valence-electron chi connectivity index (χ0n) is 15.0.